The molecule has 5 rings (SSSR count). The van der Waals surface area contributed by atoms with E-state index in [9.17, 15) is 0 Å². The van der Waals surface area contributed by atoms with E-state index in [2.05, 4.69) is 72.8 Å². The van der Waals surface area contributed by atoms with Crippen LogP contribution in [-0.4, -0.2) is 29.3 Å². The highest BCUT2D eigenvalue weighted by molar-refractivity contribution is 6.36. The Morgan fingerprint density at radius 2 is 0.800 bits per heavy atom. The second-order valence-corrected chi connectivity index (χ2v) is 8.65. The Labute approximate surface area is 179 Å². The summed E-state index contributed by atoms with van der Waals surface area (Å²) in [6.45, 7) is 7.86. The molecule has 0 atom stereocenters. The van der Waals surface area contributed by atoms with Gasteiger partial charge < -0.3 is 13.3 Å². The molecule has 3 nitrogen and oxygen atoms in total. The van der Waals surface area contributed by atoms with Gasteiger partial charge in [0.25, 0.3) is 0 Å². The van der Waals surface area contributed by atoms with E-state index in [1.807, 2.05) is 20.8 Å². The minimum absolute atomic E-state index is 0.677. The molecule has 5 aromatic rings. The summed E-state index contributed by atoms with van der Waals surface area (Å²) in [6, 6.07) is 26.4. The predicted molar refractivity (Wildman–Crippen MR) is 130 cm³/mol. The number of hydrogen-bond donors (Lipinski definition) is 0. The van der Waals surface area contributed by atoms with Crippen molar-refractivity contribution in [1.29, 1.82) is 0 Å². The third-order valence-electron chi connectivity index (χ3n) is 5.30. The molecule has 0 heterocycles. The van der Waals surface area contributed by atoms with Gasteiger partial charge in [0.2, 0.25) is 0 Å². The van der Waals surface area contributed by atoms with Crippen LogP contribution in [0.1, 0.15) is 20.8 Å². The number of rotatable bonds is 6. The van der Waals surface area contributed by atoms with E-state index < -0.39 is 9.53 Å². The third kappa shape index (κ3) is 3.92. The molecule has 0 N–H and O–H groups in total. The van der Waals surface area contributed by atoms with Crippen molar-refractivity contribution in [3.63, 3.8) is 0 Å². The van der Waals surface area contributed by atoms with Gasteiger partial charge in [-0.1, -0.05) is 72.8 Å². The van der Waals surface area contributed by atoms with Crippen LogP contribution in [0, 0.1) is 0 Å². The smallest absolute Gasteiger partial charge is 0.376 e. The van der Waals surface area contributed by atoms with Crippen molar-refractivity contribution in [1.82, 2.24) is 0 Å². The summed E-state index contributed by atoms with van der Waals surface area (Å²) in [4.78, 5) is 0. The van der Waals surface area contributed by atoms with Crippen molar-refractivity contribution in [2.75, 3.05) is 19.8 Å². The monoisotopic (exact) mass is 416 g/mol. The maximum atomic E-state index is 5.22. The fourth-order valence-electron chi connectivity index (χ4n) is 4.13. The molecular weight excluding hydrogens is 388 g/mol. The predicted octanol–water partition coefficient (Wildman–Crippen LogP) is 6.55. The molecule has 0 fully saturated rings. The van der Waals surface area contributed by atoms with E-state index in [0.29, 0.717) is 19.8 Å². The number of benzene rings is 5. The van der Waals surface area contributed by atoms with E-state index in [-0.39, 0.29) is 0 Å². The molecule has 154 valence electrons. The van der Waals surface area contributed by atoms with E-state index in [4.69, 9.17) is 13.3 Å². The van der Waals surface area contributed by atoms with Crippen LogP contribution in [-0.2, 0) is 13.3 Å². The molecular formula is C26H28O3Si. The lowest BCUT2D eigenvalue weighted by Crippen LogP contribution is -2.27. The molecule has 0 aromatic heterocycles. The highest BCUT2D eigenvalue weighted by atomic mass is 28.3. The molecule has 0 aliphatic carbocycles. The molecule has 0 radical (unpaired) electrons. The van der Waals surface area contributed by atoms with Crippen molar-refractivity contribution in [3.05, 3.63) is 72.8 Å². The first-order chi connectivity index (χ1) is 14.8. The molecule has 4 heteroatoms. The van der Waals surface area contributed by atoms with Gasteiger partial charge in [-0.15, -0.1) is 0 Å². The van der Waals surface area contributed by atoms with Gasteiger partial charge in [0.05, 0.1) is 0 Å². The van der Waals surface area contributed by atoms with E-state index >= 15 is 0 Å². The van der Waals surface area contributed by atoms with Crippen molar-refractivity contribution in [2.45, 2.75) is 20.8 Å². The Bertz CT molecular complexity index is 1070. The minimum atomic E-state index is -1.73. The molecule has 0 amide bonds. The molecule has 5 aromatic carbocycles. The first-order valence-electron chi connectivity index (χ1n) is 10.7. The zero-order chi connectivity index (χ0) is 20.9. The Hall–Kier alpha value is -2.50. The number of fused-ring (bicyclic) bond motifs is 2. The largest absolute Gasteiger partial charge is 0.484 e. The molecule has 30 heavy (non-hydrogen) atoms. The number of hydrogen-bond acceptors (Lipinski definition) is 3. The minimum Gasteiger partial charge on any atom is -0.376 e. The van der Waals surface area contributed by atoms with Crippen LogP contribution in [0.3, 0.4) is 0 Å². The highest BCUT2D eigenvalue weighted by Crippen LogP contribution is 2.39. The maximum absolute atomic E-state index is 5.22. The summed E-state index contributed by atoms with van der Waals surface area (Å²) in [5, 5.41) is 10.9. The van der Waals surface area contributed by atoms with Crippen LogP contribution in [0.25, 0.3) is 43.1 Å². The Balaban J connectivity index is 0.000000188. The highest BCUT2D eigenvalue weighted by Gasteiger charge is 2.12. The van der Waals surface area contributed by atoms with E-state index in [1.165, 1.54) is 43.1 Å². The molecule has 0 saturated heterocycles. The fraction of sp³-hybridized carbons (Fsp3) is 0.231. The molecule has 0 aliphatic heterocycles. The summed E-state index contributed by atoms with van der Waals surface area (Å²) in [5.74, 6) is 0. The summed E-state index contributed by atoms with van der Waals surface area (Å²) in [7, 11) is -1.73. The topological polar surface area (TPSA) is 27.7 Å². The fourth-order valence-corrected chi connectivity index (χ4v) is 5.24. The van der Waals surface area contributed by atoms with Crippen molar-refractivity contribution in [2.24, 2.45) is 0 Å². The quantitative estimate of drug-likeness (QED) is 0.178. The van der Waals surface area contributed by atoms with Gasteiger partial charge in [0.1, 0.15) is 0 Å². The zero-order valence-corrected chi connectivity index (χ0v) is 19.0. The maximum Gasteiger partial charge on any atom is 0.484 e. The lowest BCUT2D eigenvalue weighted by atomic mass is 9.90. The van der Waals surface area contributed by atoms with Crippen LogP contribution < -0.4 is 0 Å². The second kappa shape index (κ2) is 9.54. The lowest BCUT2D eigenvalue weighted by Gasteiger charge is -2.13. The van der Waals surface area contributed by atoms with Crippen LogP contribution in [0.4, 0.5) is 0 Å². The van der Waals surface area contributed by atoms with E-state index in [1.54, 1.807) is 0 Å². The van der Waals surface area contributed by atoms with Crippen LogP contribution >= 0.6 is 0 Å². The van der Waals surface area contributed by atoms with Gasteiger partial charge in [0, 0.05) is 19.8 Å². The average Bonchev–Trinajstić information content (AvgIpc) is 2.78. The summed E-state index contributed by atoms with van der Waals surface area (Å²) in [5.41, 5.74) is 0. The van der Waals surface area contributed by atoms with Crippen molar-refractivity contribution < 1.29 is 13.3 Å². The zero-order valence-electron chi connectivity index (χ0n) is 17.9. The Morgan fingerprint density at radius 3 is 1.07 bits per heavy atom. The second-order valence-electron chi connectivity index (χ2n) is 7.07. The summed E-state index contributed by atoms with van der Waals surface area (Å²) >= 11 is 0. The van der Waals surface area contributed by atoms with Gasteiger partial charge in [-0.05, 0) is 63.9 Å². The van der Waals surface area contributed by atoms with Gasteiger partial charge in [-0.3, -0.25) is 0 Å². The first kappa shape index (κ1) is 20.8. The molecule has 0 bridgehead atoms. The first-order valence-corrected chi connectivity index (χ1v) is 12.1. The van der Waals surface area contributed by atoms with Gasteiger partial charge in [0.15, 0.2) is 0 Å². The van der Waals surface area contributed by atoms with Gasteiger partial charge in [-0.2, -0.15) is 0 Å². The lowest BCUT2D eigenvalue weighted by molar-refractivity contribution is 0.107. The van der Waals surface area contributed by atoms with Crippen LogP contribution in [0.2, 0.25) is 0 Å². The molecule has 0 spiro atoms. The molecule has 0 saturated carbocycles. The van der Waals surface area contributed by atoms with Gasteiger partial charge in [-0.25, -0.2) is 0 Å². The average molecular weight is 417 g/mol. The summed E-state index contributed by atoms with van der Waals surface area (Å²) in [6.07, 6.45) is 0. The van der Waals surface area contributed by atoms with Crippen molar-refractivity contribution >= 4 is 52.6 Å². The van der Waals surface area contributed by atoms with Crippen LogP contribution in [0.5, 0.6) is 0 Å². The summed E-state index contributed by atoms with van der Waals surface area (Å²) < 4.78 is 15.7. The Morgan fingerprint density at radius 1 is 0.500 bits per heavy atom. The van der Waals surface area contributed by atoms with Crippen molar-refractivity contribution in [3.8, 4) is 0 Å². The molecule has 0 aliphatic rings. The normalized spacial score (nSPS) is 11.6. The SMILES string of the molecule is CCO[SiH](OCC)OCC.c1cc2cccc3c4cccc5cccc(c(c1)c23)c54. The van der Waals surface area contributed by atoms with Gasteiger partial charge >= 0.3 is 9.53 Å². The van der Waals surface area contributed by atoms with E-state index in [0.717, 1.165) is 0 Å². The third-order valence-corrected chi connectivity index (χ3v) is 7.11. The van der Waals surface area contributed by atoms with Crippen LogP contribution in [0.15, 0.2) is 72.8 Å². The standard InChI is InChI=1S/C20H12.C6H16O3Si/c1-5-13-6-2-11-17-18-12-4-8-14-7-3-10-16(20(14)18)15(9-1)19(13)17;1-4-7-10(8-5-2)9-6-3/h1-12H;10H,4-6H2,1-3H3. The molecule has 0 unspecified atom stereocenters. The Kier molecular flexibility index (Phi) is 6.60.